The number of hydrogen-bond donors (Lipinski definition) is 3. The van der Waals surface area contributed by atoms with Crippen LogP contribution in [0.1, 0.15) is 21.0 Å². The van der Waals surface area contributed by atoms with Gasteiger partial charge in [-0.3, -0.25) is 14.4 Å². The van der Waals surface area contributed by atoms with E-state index in [2.05, 4.69) is 15.6 Å². The highest BCUT2D eigenvalue weighted by molar-refractivity contribution is 6.34. The van der Waals surface area contributed by atoms with Crippen molar-refractivity contribution in [2.45, 2.75) is 0 Å². The Morgan fingerprint density at radius 3 is 2.50 bits per heavy atom. The molecule has 0 fully saturated rings. The van der Waals surface area contributed by atoms with Gasteiger partial charge in [0.05, 0.1) is 49.8 Å². The highest BCUT2D eigenvalue weighted by Crippen LogP contribution is 2.30. The number of halogens is 3. The Kier molecular flexibility index (Phi) is 14.0. The Morgan fingerprint density at radius 1 is 1.17 bits per heavy atom. The average Bonchev–Trinajstić information content (AvgIpc) is 3.36. The predicted octanol–water partition coefficient (Wildman–Crippen LogP) is 0.848. The van der Waals surface area contributed by atoms with Crippen LogP contribution in [0, 0.1) is 23.0 Å². The van der Waals surface area contributed by atoms with Gasteiger partial charge in [0, 0.05) is 31.3 Å². The molecule has 0 atom stereocenters. The second kappa shape index (κ2) is 17.4. The van der Waals surface area contributed by atoms with Gasteiger partial charge in [0.15, 0.2) is 30.5 Å². The molecule has 17 heteroatoms. The number of nitrogens with one attached hydrogen (secondary N) is 2. The molecule has 0 aliphatic carbocycles. The zero-order chi connectivity index (χ0) is 34.4. The molecule has 1 heterocycles. The summed E-state index contributed by atoms with van der Waals surface area (Å²) in [6, 6.07) is 8.42. The van der Waals surface area contributed by atoms with Gasteiger partial charge in [-0.25, -0.2) is 9.37 Å². The molecule has 4 N–H and O–H groups in total. The number of primary amides is 1. The molecule has 0 saturated heterocycles. The molecular weight excluding hydrogens is 632 g/mol. The Morgan fingerprint density at radius 2 is 1.87 bits per heavy atom. The third kappa shape index (κ3) is 10.5. The molecule has 0 bridgehead atoms. The molecule has 0 unspecified atom stereocenters. The third-order valence-corrected chi connectivity index (χ3v) is 6.55. The lowest BCUT2D eigenvalue weighted by molar-refractivity contribution is -0.882. The molecule has 0 aliphatic heterocycles. The van der Waals surface area contributed by atoms with E-state index in [1.807, 2.05) is 14.1 Å². The van der Waals surface area contributed by atoms with E-state index in [0.717, 1.165) is 0 Å². The number of carbonyl (C=O) groups excluding carboxylic acids is 4. The van der Waals surface area contributed by atoms with Crippen molar-refractivity contribution in [2.24, 2.45) is 12.8 Å². The number of ether oxygens (including phenoxy) is 2. The van der Waals surface area contributed by atoms with Crippen LogP contribution >= 0.6 is 11.6 Å². The SMILES string of the molecule is Cn1c(-c2ccc(OCC#N)c(F)c2F)cnc1C(=O)Nc1ccc(C(=O)NCCOCC[N+](C)(C)CC(N)=O)c(Cl)c1.O=C[O-]. The molecule has 246 valence electrons. The van der Waals surface area contributed by atoms with Crippen LogP contribution in [0.2, 0.25) is 5.02 Å². The van der Waals surface area contributed by atoms with Crippen molar-refractivity contribution in [1.82, 2.24) is 14.9 Å². The number of quaternary nitrogens is 1. The Bertz CT molecular complexity index is 1610. The largest absolute Gasteiger partial charge is 0.554 e. The quantitative estimate of drug-likeness (QED) is 0.127. The van der Waals surface area contributed by atoms with Crippen molar-refractivity contribution in [1.29, 1.82) is 5.26 Å². The first-order valence-electron chi connectivity index (χ1n) is 13.4. The van der Waals surface area contributed by atoms with Crippen molar-refractivity contribution < 1.29 is 47.0 Å². The number of nitriles is 1. The van der Waals surface area contributed by atoms with Gasteiger partial charge in [0.25, 0.3) is 17.7 Å². The summed E-state index contributed by atoms with van der Waals surface area (Å²) in [6.45, 7) is 0.649. The summed E-state index contributed by atoms with van der Waals surface area (Å²) in [7, 11) is 5.18. The zero-order valence-corrected chi connectivity index (χ0v) is 25.9. The van der Waals surface area contributed by atoms with Crippen LogP contribution in [0.25, 0.3) is 11.3 Å². The van der Waals surface area contributed by atoms with E-state index in [4.69, 9.17) is 42.0 Å². The second-order valence-corrected chi connectivity index (χ2v) is 10.5. The summed E-state index contributed by atoms with van der Waals surface area (Å²) in [6.07, 6.45) is 1.22. The highest BCUT2D eigenvalue weighted by Gasteiger charge is 2.22. The van der Waals surface area contributed by atoms with E-state index < -0.39 is 48.2 Å². The number of anilines is 1. The lowest BCUT2D eigenvalue weighted by Gasteiger charge is -2.27. The zero-order valence-electron chi connectivity index (χ0n) is 25.1. The summed E-state index contributed by atoms with van der Waals surface area (Å²) in [5, 5.41) is 22.2. The van der Waals surface area contributed by atoms with Crippen molar-refractivity contribution in [3.63, 3.8) is 0 Å². The fourth-order valence-electron chi connectivity index (χ4n) is 4.03. The molecular formula is C29H32ClF2N7O7. The van der Waals surface area contributed by atoms with E-state index in [0.29, 0.717) is 17.6 Å². The lowest BCUT2D eigenvalue weighted by atomic mass is 10.1. The number of imidazole rings is 1. The van der Waals surface area contributed by atoms with Crippen molar-refractivity contribution in [3.8, 4) is 23.1 Å². The Hall–Kier alpha value is -5.11. The van der Waals surface area contributed by atoms with E-state index >= 15 is 0 Å². The lowest BCUT2D eigenvalue weighted by Crippen LogP contribution is -2.48. The van der Waals surface area contributed by atoms with Crippen LogP contribution in [0.3, 0.4) is 0 Å². The van der Waals surface area contributed by atoms with Crippen LogP contribution in [0.4, 0.5) is 14.5 Å². The third-order valence-electron chi connectivity index (χ3n) is 6.23. The number of aromatic nitrogens is 2. The Labute approximate surface area is 267 Å². The number of nitrogens with zero attached hydrogens (tertiary/aromatic N) is 4. The maximum Gasteiger partial charge on any atom is 0.291 e. The van der Waals surface area contributed by atoms with Crippen molar-refractivity contribution >= 4 is 41.5 Å². The van der Waals surface area contributed by atoms with E-state index in [1.165, 1.54) is 48.1 Å². The molecule has 2 aromatic carbocycles. The summed E-state index contributed by atoms with van der Waals surface area (Å²) in [5.41, 5.74) is 5.64. The summed E-state index contributed by atoms with van der Waals surface area (Å²) in [5.74, 6) is -4.51. The molecule has 0 radical (unpaired) electrons. The van der Waals surface area contributed by atoms with E-state index in [-0.39, 0.29) is 53.1 Å². The second-order valence-electron chi connectivity index (χ2n) is 10.1. The monoisotopic (exact) mass is 663 g/mol. The highest BCUT2D eigenvalue weighted by atomic mass is 35.5. The maximum atomic E-state index is 14.7. The standard InChI is InChI=1S/C28H30ClF2N7O5.CH2O2/c1-37-21(19-6-7-22(43-11-8-32)25(31)24(19)30)15-35-26(37)28(41)36-17-4-5-18(20(29)14-17)27(40)34-9-12-42-13-10-38(2,3)16-23(33)39;2-1-3/h4-7,14-15H,9-13,16H2,1-3H3,(H3-,33,34,36,39,40,41);1H,(H,2,3). The van der Waals surface area contributed by atoms with Gasteiger partial charge < -0.3 is 44.8 Å². The molecule has 3 amide bonds. The predicted molar refractivity (Wildman–Crippen MR) is 159 cm³/mol. The first kappa shape index (κ1) is 37.1. The number of hydrogen-bond acceptors (Lipinski definition) is 9. The molecule has 46 heavy (non-hydrogen) atoms. The number of nitrogens with two attached hydrogens (primary N) is 1. The molecule has 0 spiro atoms. The summed E-state index contributed by atoms with van der Waals surface area (Å²) >= 11 is 6.29. The number of carbonyl (C=O) groups is 4. The van der Waals surface area contributed by atoms with Crippen LogP contribution in [-0.2, 0) is 21.4 Å². The van der Waals surface area contributed by atoms with Gasteiger partial charge in [-0.2, -0.15) is 9.65 Å². The molecule has 3 rings (SSSR count). The number of likely N-dealkylation sites (N-methyl/N-ethyl adjacent to an activating group) is 1. The van der Waals surface area contributed by atoms with Crippen molar-refractivity contribution in [3.05, 3.63) is 64.6 Å². The van der Waals surface area contributed by atoms with Gasteiger partial charge in [-0.1, -0.05) is 11.6 Å². The van der Waals surface area contributed by atoms with E-state index in [1.54, 1.807) is 6.07 Å². The van der Waals surface area contributed by atoms with Crippen LogP contribution in [0.5, 0.6) is 5.75 Å². The Balaban J connectivity index is 0.00000236. The first-order valence-corrected chi connectivity index (χ1v) is 13.8. The van der Waals surface area contributed by atoms with E-state index in [9.17, 15) is 23.2 Å². The van der Waals surface area contributed by atoms with Crippen LogP contribution in [-0.4, -0.2) is 91.8 Å². The molecule has 14 nitrogen and oxygen atoms in total. The van der Waals surface area contributed by atoms with Crippen molar-refractivity contribution in [2.75, 3.05) is 58.9 Å². The van der Waals surface area contributed by atoms with Gasteiger partial charge in [-0.15, -0.1) is 0 Å². The normalized spacial score (nSPS) is 10.6. The number of rotatable bonds is 14. The van der Waals surface area contributed by atoms with Crippen LogP contribution < -0.4 is 26.2 Å². The maximum absolute atomic E-state index is 14.7. The van der Waals surface area contributed by atoms with Gasteiger partial charge >= 0.3 is 0 Å². The number of carboxylic acid groups (broad SMARTS) is 1. The molecule has 0 aliphatic rings. The summed E-state index contributed by atoms with van der Waals surface area (Å²) < 4.78 is 41.2. The average molecular weight is 664 g/mol. The number of benzene rings is 2. The molecule has 1 aromatic heterocycles. The minimum absolute atomic E-state index is 0.0819. The number of amides is 3. The fourth-order valence-corrected chi connectivity index (χ4v) is 4.30. The van der Waals surface area contributed by atoms with Gasteiger partial charge in [0.1, 0.15) is 12.6 Å². The van der Waals surface area contributed by atoms with Gasteiger partial charge in [-0.05, 0) is 30.3 Å². The molecule has 3 aromatic rings. The minimum Gasteiger partial charge on any atom is -0.554 e. The first-order chi connectivity index (χ1) is 21.8. The summed E-state index contributed by atoms with van der Waals surface area (Å²) in [4.78, 5) is 48.8. The van der Waals surface area contributed by atoms with Gasteiger partial charge in [0.2, 0.25) is 5.82 Å². The molecule has 0 saturated carbocycles. The smallest absolute Gasteiger partial charge is 0.291 e. The fraction of sp³-hybridized carbons (Fsp3) is 0.310. The topological polar surface area (TPSA) is 201 Å². The van der Waals surface area contributed by atoms with Crippen LogP contribution in [0.15, 0.2) is 36.5 Å². The minimum atomic E-state index is -1.27.